The zero-order chi connectivity index (χ0) is 30.1. The summed E-state index contributed by atoms with van der Waals surface area (Å²) in [6.45, 7) is 8.81. The summed E-state index contributed by atoms with van der Waals surface area (Å²) < 4.78 is 12.2. The number of amides is 2. The van der Waals surface area contributed by atoms with Crippen molar-refractivity contribution in [3.63, 3.8) is 0 Å². The van der Waals surface area contributed by atoms with Gasteiger partial charge in [0.2, 0.25) is 5.91 Å². The van der Waals surface area contributed by atoms with Gasteiger partial charge in [0.05, 0.1) is 34.3 Å². The summed E-state index contributed by atoms with van der Waals surface area (Å²) in [7, 11) is 0. The third-order valence-corrected chi connectivity index (χ3v) is 9.06. The lowest BCUT2D eigenvalue weighted by atomic mass is 9.98. The van der Waals surface area contributed by atoms with Gasteiger partial charge < -0.3 is 14.8 Å². The number of nitrogens with one attached hydrogen (secondary N) is 1. The zero-order valence-corrected chi connectivity index (χ0v) is 25.8. The van der Waals surface area contributed by atoms with Crippen LogP contribution in [-0.4, -0.2) is 52.8 Å². The number of likely N-dealkylation sites (tertiary alicyclic amines) is 1. The van der Waals surface area contributed by atoms with Crippen molar-refractivity contribution in [2.24, 2.45) is 0 Å². The Morgan fingerprint density at radius 1 is 0.977 bits per heavy atom. The number of aryl methyl sites for hydroxylation is 1. The van der Waals surface area contributed by atoms with Crippen LogP contribution in [0.4, 0.5) is 4.79 Å². The number of hydrogen-bond acceptors (Lipinski definition) is 6. The summed E-state index contributed by atoms with van der Waals surface area (Å²) in [4.78, 5) is 34.1. The third kappa shape index (κ3) is 6.21. The smallest absolute Gasteiger partial charge is 0.410 e. The molecule has 2 aliphatic rings. The molecular weight excluding hydrogens is 558 g/mol. The third-order valence-electron chi connectivity index (χ3n) is 8.08. The Morgan fingerprint density at radius 2 is 1.63 bits per heavy atom. The van der Waals surface area contributed by atoms with Crippen LogP contribution >= 0.6 is 11.3 Å². The van der Waals surface area contributed by atoms with Crippen LogP contribution in [0, 0.1) is 6.92 Å². The number of rotatable bonds is 7. The topological polar surface area (TPSA) is 80.8 Å². The number of ether oxygens (including phenoxy) is 2. The van der Waals surface area contributed by atoms with Gasteiger partial charge in [-0.15, -0.1) is 11.3 Å². The summed E-state index contributed by atoms with van der Waals surface area (Å²) in [6.07, 6.45) is -0.346. The number of benzene rings is 3. The van der Waals surface area contributed by atoms with Crippen LogP contribution in [0.5, 0.6) is 0 Å². The number of hydrogen-bond donors (Lipinski definition) is 1. The van der Waals surface area contributed by atoms with Gasteiger partial charge in [-0.3, -0.25) is 9.69 Å². The van der Waals surface area contributed by atoms with Gasteiger partial charge in [0.25, 0.3) is 0 Å². The largest absolute Gasteiger partial charge is 0.448 e. The second kappa shape index (κ2) is 11.9. The van der Waals surface area contributed by atoms with Gasteiger partial charge >= 0.3 is 6.09 Å². The number of carbonyl (C=O) groups excluding carboxylic acids is 2. The maximum absolute atomic E-state index is 13.6. The van der Waals surface area contributed by atoms with Crippen molar-refractivity contribution in [1.29, 1.82) is 0 Å². The van der Waals surface area contributed by atoms with E-state index in [1.165, 1.54) is 16.0 Å². The first kappa shape index (κ1) is 29.1. The summed E-state index contributed by atoms with van der Waals surface area (Å²) in [5.74, 6) is -0.263. The van der Waals surface area contributed by atoms with Gasteiger partial charge in [-0.1, -0.05) is 72.8 Å². The predicted octanol–water partition coefficient (Wildman–Crippen LogP) is 6.94. The SMILES string of the molecule is Cc1ncsc1-c1ccc(CNC(=O)[C@@H]2C[C@@H](OC(C)(C)C)CN2C(=O)OCC2c3ccccc3-c3ccccc32)cc1. The average molecular weight is 596 g/mol. The standard InChI is InChI=1S/C35H37N3O4S/c1-22-32(43-21-37-22)24-15-13-23(14-16-24)18-36-33(39)31-17-25(42-35(2,3)4)19-38(31)34(40)41-20-30-28-11-7-5-9-26(28)27-10-6-8-12-29(27)30/h5-16,21,25,30-31H,17-20H2,1-4H3,(H,36,39)/t25-,31+/m1/s1. The Bertz CT molecular complexity index is 1580. The number of thiazole rings is 1. The van der Waals surface area contributed by atoms with E-state index in [9.17, 15) is 9.59 Å². The van der Waals surface area contributed by atoms with E-state index >= 15 is 0 Å². The van der Waals surface area contributed by atoms with Crippen LogP contribution in [-0.2, 0) is 20.8 Å². The Kier molecular flexibility index (Phi) is 8.07. The van der Waals surface area contributed by atoms with Gasteiger partial charge in [-0.25, -0.2) is 9.78 Å². The highest BCUT2D eigenvalue weighted by molar-refractivity contribution is 7.13. The summed E-state index contributed by atoms with van der Waals surface area (Å²) >= 11 is 1.61. The second-order valence-electron chi connectivity index (χ2n) is 12.2. The molecule has 1 saturated heterocycles. The number of aromatic nitrogens is 1. The van der Waals surface area contributed by atoms with Crippen molar-refractivity contribution in [3.8, 4) is 21.6 Å². The highest BCUT2D eigenvalue weighted by Gasteiger charge is 2.42. The van der Waals surface area contributed by atoms with Crippen molar-refractivity contribution < 1.29 is 19.1 Å². The zero-order valence-electron chi connectivity index (χ0n) is 25.0. The number of nitrogens with zero attached hydrogens (tertiary/aromatic N) is 2. The Hall–Kier alpha value is -4.01. The van der Waals surface area contributed by atoms with E-state index in [0.717, 1.165) is 32.8 Å². The van der Waals surface area contributed by atoms with Gasteiger partial charge in [0, 0.05) is 18.9 Å². The minimum Gasteiger partial charge on any atom is -0.448 e. The monoisotopic (exact) mass is 595 g/mol. The van der Waals surface area contributed by atoms with E-state index in [1.54, 1.807) is 11.3 Å². The van der Waals surface area contributed by atoms with Crippen LogP contribution < -0.4 is 5.32 Å². The normalized spacial score (nSPS) is 17.9. The van der Waals surface area contributed by atoms with Crippen molar-refractivity contribution in [2.75, 3.05) is 13.2 Å². The molecule has 1 N–H and O–H groups in total. The molecule has 3 aromatic carbocycles. The van der Waals surface area contributed by atoms with Crippen LogP contribution in [0.25, 0.3) is 21.6 Å². The molecule has 0 unspecified atom stereocenters. The van der Waals surface area contributed by atoms with Crippen molar-refractivity contribution in [2.45, 2.75) is 64.3 Å². The van der Waals surface area contributed by atoms with E-state index in [-0.39, 0.29) is 24.5 Å². The Morgan fingerprint density at radius 3 is 2.23 bits per heavy atom. The van der Waals surface area contributed by atoms with Gasteiger partial charge in [-0.2, -0.15) is 0 Å². The summed E-state index contributed by atoms with van der Waals surface area (Å²) in [5.41, 5.74) is 9.18. The minimum absolute atomic E-state index is 0.0513. The fourth-order valence-corrected chi connectivity index (χ4v) is 6.98. The van der Waals surface area contributed by atoms with Crippen molar-refractivity contribution in [3.05, 3.63) is 101 Å². The van der Waals surface area contributed by atoms with Crippen LogP contribution in [0.3, 0.4) is 0 Å². The molecule has 1 aliphatic heterocycles. The molecule has 2 heterocycles. The van der Waals surface area contributed by atoms with Crippen molar-refractivity contribution >= 4 is 23.3 Å². The van der Waals surface area contributed by atoms with Gasteiger partial charge in [-0.05, 0) is 61.1 Å². The Labute approximate surface area is 256 Å². The quantitative estimate of drug-likeness (QED) is 0.250. The maximum atomic E-state index is 13.6. The molecular formula is C35H37N3O4S. The second-order valence-corrected chi connectivity index (χ2v) is 13.1. The fourth-order valence-electron chi connectivity index (χ4n) is 6.17. The molecule has 1 fully saturated rings. The molecule has 4 aromatic rings. The lowest BCUT2D eigenvalue weighted by Gasteiger charge is -2.25. The molecule has 43 heavy (non-hydrogen) atoms. The summed E-state index contributed by atoms with van der Waals surface area (Å²) in [5, 5.41) is 3.04. The maximum Gasteiger partial charge on any atom is 0.410 e. The average Bonchev–Trinajstić information content (AvgIpc) is 3.70. The first-order chi connectivity index (χ1) is 20.7. The first-order valence-electron chi connectivity index (χ1n) is 14.7. The molecule has 7 nitrogen and oxygen atoms in total. The van der Waals surface area contributed by atoms with Crippen LogP contribution in [0.2, 0.25) is 0 Å². The lowest BCUT2D eigenvalue weighted by molar-refractivity contribution is -0.125. The van der Waals surface area contributed by atoms with E-state index < -0.39 is 17.7 Å². The molecule has 0 saturated carbocycles. The minimum atomic E-state index is -0.679. The molecule has 1 aromatic heterocycles. The molecule has 6 rings (SSSR count). The van der Waals surface area contributed by atoms with E-state index in [1.807, 2.05) is 81.7 Å². The van der Waals surface area contributed by atoms with E-state index in [4.69, 9.17) is 9.47 Å². The summed E-state index contributed by atoms with van der Waals surface area (Å²) in [6, 6.07) is 24.0. The molecule has 0 bridgehead atoms. The lowest BCUT2D eigenvalue weighted by Crippen LogP contribution is -2.46. The molecule has 2 atom stereocenters. The number of fused-ring (bicyclic) bond motifs is 3. The fraction of sp³-hybridized carbons (Fsp3) is 0.343. The van der Waals surface area contributed by atoms with Gasteiger partial charge in [0.1, 0.15) is 12.6 Å². The number of carbonyl (C=O) groups is 2. The first-order valence-corrected chi connectivity index (χ1v) is 15.6. The van der Waals surface area contributed by atoms with E-state index in [0.29, 0.717) is 19.5 Å². The Balaban J connectivity index is 1.13. The van der Waals surface area contributed by atoms with Gasteiger partial charge in [0.15, 0.2) is 0 Å². The highest BCUT2D eigenvalue weighted by Crippen LogP contribution is 2.44. The van der Waals surface area contributed by atoms with Crippen molar-refractivity contribution in [1.82, 2.24) is 15.2 Å². The van der Waals surface area contributed by atoms with Crippen LogP contribution in [0.1, 0.15) is 55.5 Å². The molecule has 222 valence electrons. The highest BCUT2D eigenvalue weighted by atomic mass is 32.1. The molecule has 8 heteroatoms. The van der Waals surface area contributed by atoms with Crippen LogP contribution in [0.15, 0.2) is 78.3 Å². The van der Waals surface area contributed by atoms with E-state index in [2.05, 4.69) is 34.6 Å². The molecule has 0 spiro atoms. The predicted molar refractivity (Wildman–Crippen MR) is 169 cm³/mol. The molecule has 2 amide bonds. The molecule has 1 aliphatic carbocycles. The molecule has 0 radical (unpaired) electrons.